The Hall–Kier alpha value is -1.80. The van der Waals surface area contributed by atoms with E-state index in [4.69, 9.17) is 0 Å². The largest absolute Gasteiger partial charge is 0.476 e. The van der Waals surface area contributed by atoms with Crippen LogP contribution in [0.3, 0.4) is 0 Å². The van der Waals surface area contributed by atoms with Crippen molar-refractivity contribution in [3.05, 3.63) is 24.2 Å². The summed E-state index contributed by atoms with van der Waals surface area (Å²) in [6.07, 6.45) is 2.36. The van der Waals surface area contributed by atoms with Crippen LogP contribution in [0.4, 0.5) is 0 Å². The van der Waals surface area contributed by atoms with Crippen LogP contribution in [-0.4, -0.2) is 48.2 Å². The van der Waals surface area contributed by atoms with Crippen LogP contribution in [0, 0.1) is 5.92 Å². The molecule has 0 saturated carbocycles. The van der Waals surface area contributed by atoms with Crippen molar-refractivity contribution in [1.82, 2.24) is 14.7 Å². The lowest BCUT2D eigenvalue weighted by Gasteiger charge is -2.43. The maximum atomic E-state index is 11.9. The highest BCUT2D eigenvalue weighted by Gasteiger charge is 2.58. The molecule has 2 aliphatic rings. The van der Waals surface area contributed by atoms with Gasteiger partial charge in [-0.3, -0.25) is 9.69 Å². The molecule has 3 rings (SSSR count). The lowest BCUT2D eigenvalue weighted by Crippen LogP contribution is -2.60. The molecule has 3 heterocycles. The summed E-state index contributed by atoms with van der Waals surface area (Å²) < 4.78 is 1.43. The molecule has 1 amide bonds. The zero-order chi connectivity index (χ0) is 13.7. The number of fused-ring (bicyclic) bond motifs is 1. The van der Waals surface area contributed by atoms with Crippen LogP contribution in [0.2, 0.25) is 0 Å². The maximum absolute atomic E-state index is 11.9. The Morgan fingerprint density at radius 2 is 2.32 bits per heavy atom. The number of amides is 1. The van der Waals surface area contributed by atoms with Gasteiger partial charge in [-0.25, -0.2) is 9.48 Å². The molecule has 8 heteroatoms. The third-order valence-corrected chi connectivity index (χ3v) is 4.54. The van der Waals surface area contributed by atoms with E-state index in [-0.39, 0.29) is 17.0 Å². The number of aliphatic hydroxyl groups is 1. The number of carboxylic acids is 1. The van der Waals surface area contributed by atoms with Crippen molar-refractivity contribution in [2.24, 2.45) is 5.92 Å². The molecule has 19 heavy (non-hydrogen) atoms. The standard InChI is InChI=1S/C11H11N3O4S/c1-5(15)6-8(16)14-7(11(17)18)10(19-9(6)14)13-4-2-3-12-13/h2-6,9,15H,1H3,(H,17,18)/t5?,6?,9-/m1/s1. The molecule has 0 spiro atoms. The minimum absolute atomic E-state index is 0.0689. The number of aliphatic carboxylic acids is 1. The summed E-state index contributed by atoms with van der Waals surface area (Å²) in [5.41, 5.74) is -0.0689. The van der Waals surface area contributed by atoms with Crippen LogP contribution in [0.1, 0.15) is 6.92 Å². The van der Waals surface area contributed by atoms with E-state index in [1.165, 1.54) is 34.5 Å². The summed E-state index contributed by atoms with van der Waals surface area (Å²) >= 11 is 1.24. The predicted molar refractivity (Wildman–Crippen MR) is 66.5 cm³/mol. The van der Waals surface area contributed by atoms with E-state index in [2.05, 4.69) is 5.10 Å². The number of aliphatic hydroxyl groups excluding tert-OH is 1. The van der Waals surface area contributed by atoms with Crippen molar-refractivity contribution in [1.29, 1.82) is 0 Å². The smallest absolute Gasteiger partial charge is 0.355 e. The molecule has 0 radical (unpaired) electrons. The number of rotatable bonds is 3. The monoisotopic (exact) mass is 281 g/mol. The predicted octanol–water partition coefficient (Wildman–Crippen LogP) is 0.00590. The van der Waals surface area contributed by atoms with E-state index in [1.54, 1.807) is 12.3 Å². The number of carbonyl (C=O) groups excluding carboxylic acids is 1. The van der Waals surface area contributed by atoms with Crippen LogP contribution < -0.4 is 0 Å². The van der Waals surface area contributed by atoms with Gasteiger partial charge >= 0.3 is 5.97 Å². The minimum atomic E-state index is -1.17. The average molecular weight is 281 g/mol. The SMILES string of the molecule is CC(O)C1C(=O)N2C(C(=O)O)=C(n3cccn3)S[C@H]12. The van der Waals surface area contributed by atoms with Crippen molar-refractivity contribution in [2.45, 2.75) is 18.4 Å². The molecule has 2 aliphatic heterocycles. The summed E-state index contributed by atoms with van der Waals surface area (Å²) in [6.45, 7) is 1.53. The number of hydrogen-bond donors (Lipinski definition) is 2. The quantitative estimate of drug-likeness (QED) is 0.758. The van der Waals surface area contributed by atoms with Crippen LogP contribution in [-0.2, 0) is 9.59 Å². The highest BCUT2D eigenvalue weighted by atomic mass is 32.2. The average Bonchev–Trinajstić information content (AvgIpc) is 2.92. The first-order valence-corrected chi connectivity index (χ1v) is 6.55. The van der Waals surface area contributed by atoms with E-state index in [9.17, 15) is 19.8 Å². The normalized spacial score (nSPS) is 27.3. The highest BCUT2D eigenvalue weighted by molar-refractivity contribution is 8.08. The molecule has 1 aromatic heterocycles. The Kier molecular flexibility index (Phi) is 2.64. The fraction of sp³-hybridized carbons (Fsp3) is 0.364. The van der Waals surface area contributed by atoms with Crippen LogP contribution in [0.15, 0.2) is 24.2 Å². The number of aromatic nitrogens is 2. The van der Waals surface area contributed by atoms with E-state index >= 15 is 0 Å². The molecule has 3 atom stereocenters. The van der Waals surface area contributed by atoms with E-state index < -0.39 is 18.0 Å². The molecule has 0 bridgehead atoms. The van der Waals surface area contributed by atoms with Crippen molar-refractivity contribution in [3.8, 4) is 0 Å². The molecule has 100 valence electrons. The van der Waals surface area contributed by atoms with E-state index in [0.717, 1.165) is 0 Å². The number of carbonyl (C=O) groups is 2. The van der Waals surface area contributed by atoms with Gasteiger partial charge < -0.3 is 10.2 Å². The van der Waals surface area contributed by atoms with Crippen LogP contribution >= 0.6 is 11.8 Å². The topological polar surface area (TPSA) is 95.7 Å². The van der Waals surface area contributed by atoms with E-state index in [0.29, 0.717) is 5.03 Å². The zero-order valence-corrected chi connectivity index (χ0v) is 10.7. The summed E-state index contributed by atoms with van der Waals surface area (Å²) in [6, 6.07) is 1.68. The van der Waals surface area contributed by atoms with Gasteiger partial charge in [-0.2, -0.15) is 5.10 Å². The van der Waals surface area contributed by atoms with Gasteiger partial charge in [-0.15, -0.1) is 0 Å². The van der Waals surface area contributed by atoms with Crippen molar-refractivity contribution >= 4 is 28.7 Å². The van der Waals surface area contributed by atoms with Crippen molar-refractivity contribution < 1.29 is 19.8 Å². The van der Waals surface area contributed by atoms with Crippen molar-refractivity contribution in [2.75, 3.05) is 0 Å². The molecule has 1 fully saturated rings. The first kappa shape index (κ1) is 12.2. The molecule has 2 N–H and O–H groups in total. The molecule has 0 aromatic carbocycles. The number of thioether (sulfide) groups is 1. The second-order valence-electron chi connectivity index (χ2n) is 4.39. The van der Waals surface area contributed by atoms with Gasteiger partial charge in [0.15, 0.2) is 5.70 Å². The molecular weight excluding hydrogens is 270 g/mol. The van der Waals surface area contributed by atoms with Gasteiger partial charge in [0.2, 0.25) is 5.91 Å². The molecule has 7 nitrogen and oxygen atoms in total. The Balaban J connectivity index is 2.01. The summed E-state index contributed by atoms with van der Waals surface area (Å²) in [4.78, 5) is 24.5. The van der Waals surface area contributed by atoms with Gasteiger partial charge in [-0.1, -0.05) is 11.8 Å². The lowest BCUT2D eigenvalue weighted by atomic mass is 9.92. The Bertz CT molecular complexity index is 581. The first-order chi connectivity index (χ1) is 9.02. The van der Waals surface area contributed by atoms with Crippen molar-refractivity contribution in [3.63, 3.8) is 0 Å². The van der Waals surface area contributed by atoms with Gasteiger partial charge in [0.25, 0.3) is 0 Å². The lowest BCUT2D eigenvalue weighted by molar-refractivity contribution is -0.156. The molecule has 0 aliphatic carbocycles. The Morgan fingerprint density at radius 1 is 1.58 bits per heavy atom. The maximum Gasteiger partial charge on any atom is 0.355 e. The Labute approximate surface area is 112 Å². The van der Waals surface area contributed by atoms with Gasteiger partial charge in [0, 0.05) is 12.4 Å². The van der Waals surface area contributed by atoms with Gasteiger partial charge in [-0.05, 0) is 13.0 Å². The zero-order valence-electron chi connectivity index (χ0n) is 9.92. The van der Waals surface area contributed by atoms with E-state index in [1.807, 2.05) is 0 Å². The van der Waals surface area contributed by atoms with Crippen LogP contribution in [0.5, 0.6) is 0 Å². The number of carboxylic acid groups (broad SMARTS) is 1. The fourth-order valence-electron chi connectivity index (χ4n) is 2.31. The third-order valence-electron chi connectivity index (χ3n) is 3.19. The Morgan fingerprint density at radius 3 is 2.84 bits per heavy atom. The van der Waals surface area contributed by atoms with Gasteiger partial charge in [0.05, 0.1) is 12.0 Å². The second kappa shape index (κ2) is 4.10. The number of hydrogen-bond acceptors (Lipinski definition) is 5. The molecule has 1 aromatic rings. The number of nitrogens with zero attached hydrogens (tertiary/aromatic N) is 3. The summed E-state index contributed by atoms with van der Waals surface area (Å²) in [5, 5.41) is 22.9. The molecular formula is C11H11N3O4S. The van der Waals surface area contributed by atoms with Crippen LogP contribution in [0.25, 0.3) is 5.03 Å². The first-order valence-electron chi connectivity index (χ1n) is 5.67. The number of β-lactam (4-membered cyclic amide) rings is 1. The van der Waals surface area contributed by atoms with Gasteiger partial charge in [0.1, 0.15) is 10.4 Å². The highest BCUT2D eigenvalue weighted by Crippen LogP contribution is 2.51. The molecule has 2 unspecified atom stereocenters. The molecule has 1 saturated heterocycles. The summed E-state index contributed by atoms with van der Waals surface area (Å²) in [7, 11) is 0. The third kappa shape index (κ3) is 1.60. The minimum Gasteiger partial charge on any atom is -0.476 e. The second-order valence-corrected chi connectivity index (χ2v) is 5.50. The summed E-state index contributed by atoms with van der Waals surface area (Å²) in [5.74, 6) is -2.09. The fourth-order valence-corrected chi connectivity index (χ4v) is 3.86.